The van der Waals surface area contributed by atoms with Gasteiger partial charge in [-0.1, -0.05) is 18.2 Å². The minimum Gasteiger partial charge on any atom is -0.496 e. The molecule has 7 heteroatoms. The Balaban J connectivity index is 1.43. The number of ether oxygens (including phenoxy) is 1. The number of nitrogens with one attached hydrogen (secondary N) is 1. The second kappa shape index (κ2) is 9.23. The van der Waals surface area contributed by atoms with Crippen molar-refractivity contribution in [1.82, 2.24) is 25.2 Å². The first-order chi connectivity index (χ1) is 13.8. The van der Waals surface area contributed by atoms with Crippen LogP contribution in [0.5, 0.6) is 5.75 Å². The molecule has 4 rings (SSSR count). The number of aromatic nitrogens is 3. The lowest BCUT2D eigenvalue weighted by Crippen LogP contribution is -2.34. The number of nitrogens with zero attached hydrogens (tertiary/aromatic N) is 4. The predicted molar refractivity (Wildman–Crippen MR) is 111 cm³/mol. The lowest BCUT2D eigenvalue weighted by Gasteiger charge is -2.29. The van der Waals surface area contributed by atoms with Crippen molar-refractivity contribution < 1.29 is 4.74 Å². The van der Waals surface area contributed by atoms with Crippen molar-refractivity contribution in [3.05, 3.63) is 59.4 Å². The zero-order valence-corrected chi connectivity index (χ0v) is 16.9. The Bertz CT molecular complexity index is 879. The van der Waals surface area contributed by atoms with E-state index in [1.54, 1.807) is 30.8 Å². The van der Waals surface area contributed by atoms with Crippen LogP contribution in [0.15, 0.2) is 48.1 Å². The van der Waals surface area contributed by atoms with Crippen molar-refractivity contribution in [2.24, 2.45) is 0 Å². The average molecular weight is 396 g/mol. The number of thiazole rings is 1. The zero-order valence-electron chi connectivity index (χ0n) is 16.0. The number of hydrogen-bond donors (Lipinski definition) is 1. The van der Waals surface area contributed by atoms with Crippen molar-refractivity contribution in [2.45, 2.75) is 25.4 Å². The van der Waals surface area contributed by atoms with Gasteiger partial charge < -0.3 is 10.1 Å². The molecule has 0 amide bonds. The lowest BCUT2D eigenvalue weighted by molar-refractivity contribution is 0.232. The lowest BCUT2D eigenvalue weighted by atomic mass is 10.0. The smallest absolute Gasteiger partial charge is 0.188 e. The van der Waals surface area contributed by atoms with E-state index in [9.17, 15) is 0 Å². The van der Waals surface area contributed by atoms with Crippen LogP contribution in [0.1, 0.15) is 30.1 Å². The highest BCUT2D eigenvalue weighted by molar-refractivity contribution is 7.13. The van der Waals surface area contributed by atoms with Gasteiger partial charge >= 0.3 is 0 Å². The third kappa shape index (κ3) is 4.38. The van der Waals surface area contributed by atoms with Crippen LogP contribution in [-0.4, -0.2) is 46.6 Å². The molecule has 0 unspecified atom stereocenters. The van der Waals surface area contributed by atoms with Crippen LogP contribution in [0.4, 0.5) is 0 Å². The van der Waals surface area contributed by atoms with E-state index in [0.29, 0.717) is 11.9 Å². The van der Waals surface area contributed by atoms with Crippen LogP contribution in [0.2, 0.25) is 0 Å². The summed E-state index contributed by atoms with van der Waals surface area (Å²) < 4.78 is 5.62. The van der Waals surface area contributed by atoms with Crippen LogP contribution in [0.25, 0.3) is 10.8 Å². The van der Waals surface area contributed by atoms with Gasteiger partial charge in [0.25, 0.3) is 0 Å². The highest BCUT2D eigenvalue weighted by atomic mass is 32.1. The van der Waals surface area contributed by atoms with Gasteiger partial charge in [0.2, 0.25) is 0 Å². The maximum atomic E-state index is 5.62. The maximum absolute atomic E-state index is 5.62. The molecule has 1 aliphatic heterocycles. The first-order valence-electron chi connectivity index (χ1n) is 9.64. The SMILES string of the molecule is COc1ccccc1[C@H](CNCc1csc(-c2ncccn2)n1)N1CCCC1. The van der Waals surface area contributed by atoms with Crippen molar-refractivity contribution in [1.29, 1.82) is 0 Å². The third-order valence-electron chi connectivity index (χ3n) is 5.03. The Hall–Kier alpha value is -2.35. The zero-order chi connectivity index (χ0) is 19.2. The molecule has 1 aliphatic rings. The molecule has 0 radical (unpaired) electrons. The monoisotopic (exact) mass is 395 g/mol. The third-order valence-corrected chi connectivity index (χ3v) is 5.92. The van der Waals surface area contributed by atoms with E-state index in [2.05, 4.69) is 42.7 Å². The van der Waals surface area contributed by atoms with E-state index in [1.807, 2.05) is 18.2 Å². The summed E-state index contributed by atoms with van der Waals surface area (Å²) in [4.78, 5) is 15.8. The molecule has 0 bridgehead atoms. The number of likely N-dealkylation sites (tertiary alicyclic amines) is 1. The molecule has 3 aromatic rings. The van der Waals surface area contributed by atoms with Gasteiger partial charge in [0.05, 0.1) is 18.8 Å². The summed E-state index contributed by atoms with van der Waals surface area (Å²) in [5.74, 6) is 1.64. The molecule has 1 fully saturated rings. The van der Waals surface area contributed by atoms with E-state index in [0.717, 1.165) is 42.6 Å². The van der Waals surface area contributed by atoms with E-state index in [4.69, 9.17) is 4.74 Å². The van der Waals surface area contributed by atoms with Gasteiger partial charge in [-0.25, -0.2) is 15.0 Å². The van der Waals surface area contributed by atoms with E-state index >= 15 is 0 Å². The van der Waals surface area contributed by atoms with Gasteiger partial charge in [0.15, 0.2) is 10.8 Å². The Morgan fingerprint density at radius 1 is 1.14 bits per heavy atom. The predicted octanol–water partition coefficient (Wildman–Crippen LogP) is 3.54. The van der Waals surface area contributed by atoms with Crippen molar-refractivity contribution in [3.8, 4) is 16.6 Å². The summed E-state index contributed by atoms with van der Waals surface area (Å²) in [5, 5.41) is 6.53. The highest BCUT2D eigenvalue weighted by Gasteiger charge is 2.25. The molecule has 28 heavy (non-hydrogen) atoms. The van der Waals surface area contributed by atoms with Crippen LogP contribution >= 0.6 is 11.3 Å². The van der Waals surface area contributed by atoms with Gasteiger partial charge in [-0.2, -0.15) is 0 Å². The first-order valence-corrected chi connectivity index (χ1v) is 10.5. The molecule has 1 saturated heterocycles. The quantitative estimate of drug-likeness (QED) is 0.629. The molecule has 1 aromatic carbocycles. The summed E-state index contributed by atoms with van der Waals surface area (Å²) in [5.41, 5.74) is 2.27. The van der Waals surface area contributed by atoms with Gasteiger partial charge in [-0.3, -0.25) is 4.90 Å². The molecular formula is C21H25N5OS. The molecular weight excluding hydrogens is 370 g/mol. The van der Waals surface area contributed by atoms with Gasteiger partial charge in [0, 0.05) is 36.4 Å². The molecule has 2 aromatic heterocycles. The first kappa shape index (κ1) is 19.0. The normalized spacial score (nSPS) is 15.6. The topological polar surface area (TPSA) is 63.2 Å². The van der Waals surface area contributed by atoms with Crippen molar-refractivity contribution in [3.63, 3.8) is 0 Å². The fourth-order valence-electron chi connectivity index (χ4n) is 3.67. The Labute approximate surface area is 169 Å². The Morgan fingerprint density at radius 2 is 1.93 bits per heavy atom. The Morgan fingerprint density at radius 3 is 2.71 bits per heavy atom. The summed E-state index contributed by atoms with van der Waals surface area (Å²) >= 11 is 1.58. The number of benzene rings is 1. The summed E-state index contributed by atoms with van der Waals surface area (Å²) in [6.07, 6.45) is 6.02. The highest BCUT2D eigenvalue weighted by Crippen LogP contribution is 2.31. The molecule has 0 saturated carbocycles. The second-order valence-electron chi connectivity index (χ2n) is 6.85. The number of methoxy groups -OCH3 is 1. The number of hydrogen-bond acceptors (Lipinski definition) is 7. The molecule has 1 atom stereocenters. The van der Waals surface area contributed by atoms with E-state index in [1.165, 1.54) is 18.4 Å². The minimum atomic E-state index is 0.300. The summed E-state index contributed by atoms with van der Waals surface area (Å²) in [7, 11) is 1.75. The summed E-state index contributed by atoms with van der Waals surface area (Å²) in [6.45, 7) is 3.85. The molecule has 6 nitrogen and oxygen atoms in total. The molecule has 0 spiro atoms. The van der Waals surface area contributed by atoms with Crippen LogP contribution in [0.3, 0.4) is 0 Å². The number of para-hydroxylation sites is 1. The van der Waals surface area contributed by atoms with Gasteiger partial charge in [-0.15, -0.1) is 11.3 Å². The number of rotatable bonds is 8. The minimum absolute atomic E-state index is 0.300. The van der Waals surface area contributed by atoms with Gasteiger partial charge in [-0.05, 0) is 38.1 Å². The van der Waals surface area contributed by atoms with Crippen molar-refractivity contribution >= 4 is 11.3 Å². The molecule has 1 N–H and O–H groups in total. The second-order valence-corrected chi connectivity index (χ2v) is 7.71. The maximum Gasteiger partial charge on any atom is 0.188 e. The molecule has 0 aliphatic carbocycles. The van der Waals surface area contributed by atoms with E-state index < -0.39 is 0 Å². The van der Waals surface area contributed by atoms with E-state index in [-0.39, 0.29) is 0 Å². The Kier molecular flexibility index (Phi) is 6.26. The average Bonchev–Trinajstić information content (AvgIpc) is 3.44. The fraction of sp³-hybridized carbons (Fsp3) is 0.381. The van der Waals surface area contributed by atoms with Crippen LogP contribution in [-0.2, 0) is 6.54 Å². The van der Waals surface area contributed by atoms with Gasteiger partial charge in [0.1, 0.15) is 5.75 Å². The molecule has 146 valence electrons. The fourth-order valence-corrected chi connectivity index (χ4v) is 4.43. The standard InChI is InChI=1S/C21H25N5OS/c1-27-19-8-3-2-7-17(19)18(26-11-4-5-12-26)14-22-13-16-15-28-21(25-16)20-23-9-6-10-24-20/h2-3,6-10,15,18,22H,4-5,11-14H2,1H3/t18-/m0/s1. The summed E-state index contributed by atoms with van der Waals surface area (Å²) in [6, 6.07) is 10.5. The van der Waals surface area contributed by atoms with Crippen LogP contribution in [0, 0.1) is 0 Å². The van der Waals surface area contributed by atoms with Crippen molar-refractivity contribution in [2.75, 3.05) is 26.7 Å². The largest absolute Gasteiger partial charge is 0.496 e. The van der Waals surface area contributed by atoms with Crippen LogP contribution < -0.4 is 10.1 Å². The molecule has 3 heterocycles.